The summed E-state index contributed by atoms with van der Waals surface area (Å²) in [5.74, 6) is 0.789. The zero-order chi connectivity index (χ0) is 10.6. The molecule has 0 aromatic heterocycles. The molecule has 1 aliphatic carbocycles. The molecule has 0 spiro atoms. The first-order valence-corrected chi connectivity index (χ1v) is 6.98. The van der Waals surface area contributed by atoms with Crippen molar-refractivity contribution in [3.05, 3.63) is 33.8 Å². The second kappa shape index (κ2) is 3.49. The van der Waals surface area contributed by atoms with E-state index in [1.165, 1.54) is 12.0 Å². The normalized spacial score (nSPS) is 37.8. The fraction of sp³-hybridized carbons (Fsp3) is 0.455. The Hall–Kier alpha value is 0.490. The van der Waals surface area contributed by atoms with Gasteiger partial charge in [0.25, 0.3) is 0 Å². The van der Waals surface area contributed by atoms with Gasteiger partial charge in [-0.1, -0.05) is 51.9 Å². The van der Waals surface area contributed by atoms with E-state index in [4.69, 9.17) is 23.2 Å². The van der Waals surface area contributed by atoms with E-state index in [2.05, 4.69) is 34.0 Å². The van der Waals surface area contributed by atoms with Gasteiger partial charge in [-0.05, 0) is 36.6 Å². The molecule has 1 saturated heterocycles. The summed E-state index contributed by atoms with van der Waals surface area (Å²) in [6.07, 6.45) is 1.28. The fourth-order valence-corrected chi connectivity index (χ4v) is 4.30. The molecule has 2 aliphatic rings. The van der Waals surface area contributed by atoms with Crippen molar-refractivity contribution in [1.82, 2.24) is 5.32 Å². The van der Waals surface area contributed by atoms with Gasteiger partial charge in [-0.25, -0.2) is 0 Å². The molecule has 1 saturated carbocycles. The Balaban J connectivity index is 2.03. The van der Waals surface area contributed by atoms with Gasteiger partial charge in [0.2, 0.25) is 0 Å². The van der Waals surface area contributed by atoms with Crippen LogP contribution in [0.25, 0.3) is 0 Å². The summed E-state index contributed by atoms with van der Waals surface area (Å²) >= 11 is 14.5. The molecule has 0 bridgehead atoms. The van der Waals surface area contributed by atoms with Crippen LogP contribution < -0.4 is 5.32 Å². The molecule has 3 unspecified atom stereocenters. The molecule has 3 atom stereocenters. The first-order chi connectivity index (χ1) is 7.14. The van der Waals surface area contributed by atoms with Gasteiger partial charge >= 0.3 is 0 Å². The largest absolute Gasteiger partial charge is 0.304 e. The Labute approximate surface area is 113 Å². The Morgan fingerprint density at radius 3 is 2.67 bits per heavy atom. The minimum absolute atomic E-state index is 0.328. The maximum atomic E-state index is 6.07. The summed E-state index contributed by atoms with van der Waals surface area (Å²) in [7, 11) is 0. The SMILES string of the molecule is Clc1ccc(C23CC2CNC3I)cc1Cl. The molecule has 1 aliphatic heterocycles. The third-order valence-corrected chi connectivity index (χ3v) is 5.90. The highest BCUT2D eigenvalue weighted by atomic mass is 127. The van der Waals surface area contributed by atoms with Crippen LogP contribution in [0.1, 0.15) is 12.0 Å². The fourth-order valence-electron chi connectivity index (χ4n) is 2.63. The molecular weight excluding hydrogens is 344 g/mol. The van der Waals surface area contributed by atoms with Crippen LogP contribution in [-0.4, -0.2) is 10.6 Å². The van der Waals surface area contributed by atoms with Crippen LogP contribution in [0.2, 0.25) is 10.0 Å². The van der Waals surface area contributed by atoms with Gasteiger partial charge in [0, 0.05) is 5.41 Å². The average Bonchev–Trinajstić information content (AvgIpc) is 2.87. The van der Waals surface area contributed by atoms with Gasteiger partial charge in [-0.15, -0.1) is 0 Å². The molecule has 1 aromatic carbocycles. The Bertz CT molecular complexity index is 423. The van der Waals surface area contributed by atoms with Crippen molar-refractivity contribution in [2.45, 2.75) is 15.9 Å². The van der Waals surface area contributed by atoms with E-state index < -0.39 is 0 Å². The van der Waals surface area contributed by atoms with Gasteiger partial charge in [-0.3, -0.25) is 0 Å². The molecule has 1 aromatic rings. The van der Waals surface area contributed by atoms with Crippen LogP contribution in [-0.2, 0) is 5.41 Å². The van der Waals surface area contributed by atoms with Crippen LogP contribution >= 0.6 is 45.8 Å². The lowest BCUT2D eigenvalue weighted by Crippen LogP contribution is -2.28. The highest BCUT2D eigenvalue weighted by molar-refractivity contribution is 14.1. The Morgan fingerprint density at radius 2 is 2.13 bits per heavy atom. The van der Waals surface area contributed by atoms with E-state index in [9.17, 15) is 0 Å². The zero-order valence-corrected chi connectivity index (χ0v) is 11.6. The number of piperidine rings is 1. The predicted molar refractivity (Wildman–Crippen MR) is 72.1 cm³/mol. The summed E-state index contributed by atoms with van der Waals surface area (Å²) in [5.41, 5.74) is 1.67. The second-order valence-electron chi connectivity index (χ2n) is 4.34. The van der Waals surface area contributed by atoms with Crippen molar-refractivity contribution >= 4 is 45.8 Å². The number of fused-ring (bicyclic) bond motifs is 1. The van der Waals surface area contributed by atoms with Crippen LogP contribution in [0.15, 0.2) is 18.2 Å². The van der Waals surface area contributed by atoms with E-state index in [1.54, 1.807) is 0 Å². The van der Waals surface area contributed by atoms with E-state index in [-0.39, 0.29) is 0 Å². The molecule has 4 heteroatoms. The van der Waals surface area contributed by atoms with Crippen molar-refractivity contribution in [2.75, 3.05) is 6.54 Å². The van der Waals surface area contributed by atoms with Gasteiger partial charge in [0.15, 0.2) is 0 Å². The lowest BCUT2D eigenvalue weighted by Gasteiger charge is -2.19. The van der Waals surface area contributed by atoms with E-state index in [1.807, 2.05) is 12.1 Å². The smallest absolute Gasteiger partial charge is 0.0694 e. The molecule has 15 heavy (non-hydrogen) atoms. The summed E-state index contributed by atoms with van der Waals surface area (Å²) in [6, 6.07) is 6.06. The third kappa shape index (κ3) is 1.45. The van der Waals surface area contributed by atoms with Crippen molar-refractivity contribution in [2.24, 2.45) is 5.92 Å². The van der Waals surface area contributed by atoms with E-state index in [0.29, 0.717) is 19.5 Å². The topological polar surface area (TPSA) is 12.0 Å². The number of hydrogen-bond donors (Lipinski definition) is 1. The minimum Gasteiger partial charge on any atom is -0.304 e. The van der Waals surface area contributed by atoms with Gasteiger partial charge in [0.1, 0.15) is 0 Å². The van der Waals surface area contributed by atoms with Crippen LogP contribution in [0.4, 0.5) is 0 Å². The molecule has 1 heterocycles. The summed E-state index contributed by atoms with van der Waals surface area (Å²) in [4.78, 5) is 0. The number of rotatable bonds is 1. The predicted octanol–water partition coefficient (Wildman–Crippen LogP) is 3.62. The molecule has 2 fully saturated rings. The van der Waals surface area contributed by atoms with Crippen molar-refractivity contribution < 1.29 is 0 Å². The first-order valence-electron chi connectivity index (χ1n) is 4.97. The third-order valence-electron chi connectivity index (χ3n) is 3.61. The van der Waals surface area contributed by atoms with Crippen molar-refractivity contribution in [3.8, 4) is 0 Å². The molecule has 0 amide bonds. The minimum atomic E-state index is 0.328. The Morgan fingerprint density at radius 1 is 1.33 bits per heavy atom. The molecule has 3 rings (SSSR count). The lowest BCUT2D eigenvalue weighted by atomic mass is 9.95. The summed E-state index contributed by atoms with van der Waals surface area (Å²) < 4.78 is 0.525. The highest BCUT2D eigenvalue weighted by Gasteiger charge is 2.63. The average molecular weight is 354 g/mol. The number of halogens is 3. The van der Waals surface area contributed by atoms with Crippen molar-refractivity contribution in [1.29, 1.82) is 0 Å². The number of nitrogens with one attached hydrogen (secondary N) is 1. The van der Waals surface area contributed by atoms with E-state index >= 15 is 0 Å². The molecule has 1 nitrogen and oxygen atoms in total. The highest BCUT2D eigenvalue weighted by Crippen LogP contribution is 2.61. The summed E-state index contributed by atoms with van der Waals surface area (Å²) in [6.45, 7) is 1.13. The first kappa shape index (κ1) is 10.6. The van der Waals surface area contributed by atoms with Gasteiger partial charge in [0.05, 0.1) is 14.1 Å². The monoisotopic (exact) mass is 353 g/mol. The number of hydrogen-bond acceptors (Lipinski definition) is 1. The van der Waals surface area contributed by atoms with Crippen LogP contribution in [0.3, 0.4) is 0 Å². The van der Waals surface area contributed by atoms with Crippen LogP contribution in [0.5, 0.6) is 0 Å². The number of alkyl halides is 1. The van der Waals surface area contributed by atoms with E-state index in [0.717, 1.165) is 12.5 Å². The van der Waals surface area contributed by atoms with Crippen molar-refractivity contribution in [3.63, 3.8) is 0 Å². The molecular formula is C11H10Cl2IN. The second-order valence-corrected chi connectivity index (χ2v) is 6.40. The summed E-state index contributed by atoms with van der Waals surface area (Å²) in [5, 5.41) is 4.82. The molecule has 80 valence electrons. The van der Waals surface area contributed by atoms with Gasteiger partial charge in [-0.2, -0.15) is 0 Å². The molecule has 1 N–H and O–H groups in total. The Kier molecular flexibility index (Phi) is 2.47. The zero-order valence-electron chi connectivity index (χ0n) is 7.93. The molecule has 0 radical (unpaired) electrons. The lowest BCUT2D eigenvalue weighted by molar-refractivity contribution is 0.651. The van der Waals surface area contributed by atoms with Crippen LogP contribution in [0, 0.1) is 5.92 Å². The quantitative estimate of drug-likeness (QED) is 0.462. The number of benzene rings is 1. The maximum absolute atomic E-state index is 6.07. The maximum Gasteiger partial charge on any atom is 0.0694 e. The standard InChI is InChI=1S/C11H10Cl2IN/c12-8-2-1-6(3-9(8)13)11-4-7(11)5-15-10(11)14/h1-3,7,10,15H,4-5H2. The van der Waals surface area contributed by atoms with Gasteiger partial charge < -0.3 is 5.32 Å².